The largest absolute Gasteiger partial charge is 0.310 e. The summed E-state index contributed by atoms with van der Waals surface area (Å²) in [7, 11) is 0. The second-order valence-corrected chi connectivity index (χ2v) is 9.66. The highest BCUT2D eigenvalue weighted by Gasteiger charge is 2.19. The molecule has 0 atom stereocenters. The molecule has 0 aliphatic rings. The van der Waals surface area contributed by atoms with E-state index in [1.165, 1.54) is 54.2 Å². The minimum absolute atomic E-state index is 1.06. The third-order valence-electron chi connectivity index (χ3n) is 7.57. The van der Waals surface area contributed by atoms with Crippen molar-refractivity contribution < 1.29 is 0 Å². The molecule has 0 fully saturated rings. The molecule has 0 radical (unpaired) electrons. The molecule has 0 unspecified atom stereocenters. The lowest BCUT2D eigenvalue weighted by atomic mass is 9.91. The Hall–Kier alpha value is -4.95. The lowest BCUT2D eigenvalue weighted by molar-refractivity contribution is 1.30. The van der Waals surface area contributed by atoms with E-state index >= 15 is 0 Å². The molecule has 7 aromatic carbocycles. The van der Waals surface area contributed by atoms with Crippen LogP contribution < -0.4 is 4.90 Å². The molecule has 0 amide bonds. The number of nitrogens with zero attached hydrogens (tertiary/aromatic N) is 2. The number of hydrogen-bond acceptors (Lipinski definition) is 2. The van der Waals surface area contributed by atoms with Crippen LogP contribution in [0.15, 0.2) is 134 Å². The first kappa shape index (κ1) is 20.3. The summed E-state index contributed by atoms with van der Waals surface area (Å²) >= 11 is 0. The summed E-state index contributed by atoms with van der Waals surface area (Å²) in [4.78, 5) is 7.14. The fourth-order valence-electron chi connectivity index (χ4n) is 5.92. The van der Waals surface area contributed by atoms with Crippen LogP contribution in [0.1, 0.15) is 0 Å². The highest BCUT2D eigenvalue weighted by Crippen LogP contribution is 2.45. The van der Waals surface area contributed by atoms with Gasteiger partial charge < -0.3 is 4.90 Å². The topological polar surface area (TPSA) is 16.1 Å². The smallest absolute Gasteiger partial charge is 0.0780 e. The summed E-state index contributed by atoms with van der Waals surface area (Å²) in [6.45, 7) is 0. The number of benzene rings is 7. The molecule has 0 spiro atoms. The highest BCUT2D eigenvalue weighted by atomic mass is 15.1. The van der Waals surface area contributed by atoms with Crippen LogP contribution in [0, 0.1) is 0 Å². The van der Waals surface area contributed by atoms with Gasteiger partial charge in [-0.3, -0.25) is 4.98 Å². The van der Waals surface area contributed by atoms with Crippen LogP contribution in [0.5, 0.6) is 0 Å². The van der Waals surface area contributed by atoms with Crippen molar-refractivity contribution in [3.63, 3.8) is 0 Å². The molecule has 8 aromatic rings. The second-order valence-electron chi connectivity index (χ2n) is 9.66. The van der Waals surface area contributed by atoms with Gasteiger partial charge >= 0.3 is 0 Å². The van der Waals surface area contributed by atoms with Crippen LogP contribution in [-0.4, -0.2) is 4.98 Å². The van der Waals surface area contributed by atoms with Gasteiger partial charge in [0.2, 0.25) is 0 Å². The van der Waals surface area contributed by atoms with E-state index in [0.29, 0.717) is 0 Å². The maximum absolute atomic E-state index is 4.76. The summed E-state index contributed by atoms with van der Waals surface area (Å²) in [6, 6.07) is 45.9. The highest BCUT2D eigenvalue weighted by molar-refractivity contribution is 6.30. The van der Waals surface area contributed by atoms with Crippen LogP contribution in [0.25, 0.3) is 54.0 Å². The molecule has 2 heteroatoms. The molecule has 0 saturated carbocycles. The van der Waals surface area contributed by atoms with Gasteiger partial charge in [0.1, 0.15) is 0 Å². The van der Waals surface area contributed by atoms with E-state index < -0.39 is 0 Å². The van der Waals surface area contributed by atoms with Gasteiger partial charge in [-0.15, -0.1) is 0 Å². The Kier molecular flexibility index (Phi) is 4.26. The normalized spacial score (nSPS) is 11.8. The van der Waals surface area contributed by atoms with Crippen molar-refractivity contribution in [3.8, 4) is 0 Å². The molecule has 8 rings (SSSR count). The molecule has 0 aliphatic heterocycles. The van der Waals surface area contributed by atoms with Crippen molar-refractivity contribution >= 4 is 71.1 Å². The summed E-state index contributed by atoms with van der Waals surface area (Å²) in [5, 5.41) is 11.2. The van der Waals surface area contributed by atoms with Crippen molar-refractivity contribution in [3.05, 3.63) is 134 Å². The van der Waals surface area contributed by atoms with Crippen molar-refractivity contribution in [2.45, 2.75) is 0 Å². The standard InChI is InChI=1S/C35H22N2/c1-2-10-28(11-3-1)37(29-16-14-23-7-4-5-8-25(23)22-29)32-19-15-24-12-13-26-21-27-9-6-20-36-35(27)31-18-17-30(32)33(24)34(26)31/h1-22H. The van der Waals surface area contributed by atoms with Crippen LogP contribution >= 0.6 is 0 Å². The quantitative estimate of drug-likeness (QED) is 0.189. The van der Waals surface area contributed by atoms with Crippen molar-refractivity contribution in [2.24, 2.45) is 0 Å². The Balaban J connectivity index is 1.47. The van der Waals surface area contributed by atoms with Gasteiger partial charge in [-0.1, -0.05) is 84.9 Å². The second kappa shape index (κ2) is 7.78. The van der Waals surface area contributed by atoms with Crippen molar-refractivity contribution in [1.29, 1.82) is 0 Å². The Bertz CT molecular complexity index is 2090. The Labute approximate surface area is 214 Å². The first-order valence-electron chi connectivity index (χ1n) is 12.6. The van der Waals surface area contributed by atoms with Crippen LogP contribution in [-0.2, 0) is 0 Å². The van der Waals surface area contributed by atoms with E-state index in [4.69, 9.17) is 4.98 Å². The van der Waals surface area contributed by atoms with Crippen molar-refractivity contribution in [2.75, 3.05) is 4.90 Å². The molecule has 37 heavy (non-hydrogen) atoms. The minimum atomic E-state index is 1.06. The molecule has 1 aromatic heterocycles. The lowest BCUT2D eigenvalue weighted by Crippen LogP contribution is -2.10. The molecule has 0 aliphatic carbocycles. The molecule has 1 heterocycles. The Morgan fingerprint density at radius 1 is 0.432 bits per heavy atom. The minimum Gasteiger partial charge on any atom is -0.310 e. The average molecular weight is 471 g/mol. The van der Waals surface area contributed by atoms with E-state index in [2.05, 4.69) is 126 Å². The number of hydrogen-bond donors (Lipinski definition) is 0. The van der Waals surface area contributed by atoms with Crippen LogP contribution in [0.4, 0.5) is 17.1 Å². The summed E-state index contributed by atoms with van der Waals surface area (Å²) in [5.41, 5.74) is 4.51. The molecule has 2 nitrogen and oxygen atoms in total. The van der Waals surface area contributed by atoms with Gasteiger partial charge in [-0.05, 0) is 74.8 Å². The number of anilines is 3. The zero-order valence-corrected chi connectivity index (χ0v) is 20.1. The Morgan fingerprint density at radius 2 is 1.14 bits per heavy atom. The maximum atomic E-state index is 4.76. The third kappa shape index (κ3) is 3.03. The summed E-state index contributed by atoms with van der Waals surface area (Å²) < 4.78 is 0. The van der Waals surface area contributed by atoms with Gasteiger partial charge in [-0.25, -0.2) is 0 Å². The van der Waals surface area contributed by atoms with Gasteiger partial charge in [0.25, 0.3) is 0 Å². The summed E-state index contributed by atoms with van der Waals surface area (Å²) in [6.07, 6.45) is 1.89. The van der Waals surface area contributed by atoms with E-state index in [1.54, 1.807) is 0 Å². The van der Waals surface area contributed by atoms with Crippen LogP contribution in [0.2, 0.25) is 0 Å². The number of aromatic nitrogens is 1. The lowest BCUT2D eigenvalue weighted by Gasteiger charge is -2.28. The summed E-state index contributed by atoms with van der Waals surface area (Å²) in [5.74, 6) is 0. The predicted octanol–water partition coefficient (Wildman–Crippen LogP) is 9.76. The van der Waals surface area contributed by atoms with Gasteiger partial charge in [-0.2, -0.15) is 0 Å². The number of rotatable bonds is 3. The first-order chi connectivity index (χ1) is 18.3. The van der Waals surface area contributed by atoms with E-state index in [9.17, 15) is 0 Å². The van der Waals surface area contributed by atoms with Crippen LogP contribution in [0.3, 0.4) is 0 Å². The molecule has 172 valence electrons. The third-order valence-corrected chi connectivity index (χ3v) is 7.57. The molecular weight excluding hydrogens is 448 g/mol. The molecule has 0 saturated heterocycles. The average Bonchev–Trinajstić information content (AvgIpc) is 2.97. The monoisotopic (exact) mass is 470 g/mol. The zero-order valence-electron chi connectivity index (χ0n) is 20.1. The van der Waals surface area contributed by atoms with Gasteiger partial charge in [0.15, 0.2) is 0 Å². The van der Waals surface area contributed by atoms with E-state index in [0.717, 1.165) is 16.9 Å². The van der Waals surface area contributed by atoms with E-state index in [1.807, 2.05) is 12.3 Å². The number of fused-ring (bicyclic) bond motifs is 3. The van der Waals surface area contributed by atoms with Gasteiger partial charge in [0, 0.05) is 33.7 Å². The molecule has 0 N–H and O–H groups in total. The van der Waals surface area contributed by atoms with Gasteiger partial charge in [0.05, 0.1) is 11.2 Å². The fourth-order valence-corrected chi connectivity index (χ4v) is 5.92. The zero-order chi connectivity index (χ0) is 24.3. The Morgan fingerprint density at radius 3 is 2.05 bits per heavy atom. The molecular formula is C35H22N2. The van der Waals surface area contributed by atoms with Crippen molar-refractivity contribution in [1.82, 2.24) is 4.98 Å². The van der Waals surface area contributed by atoms with E-state index in [-0.39, 0.29) is 0 Å². The number of para-hydroxylation sites is 1. The fraction of sp³-hybridized carbons (Fsp3) is 0. The SMILES string of the molecule is c1ccc(N(c2ccc3ccccc3c2)c2ccc3ccc4cc5cccnc5c5ccc2c3c45)cc1. The first-order valence-corrected chi connectivity index (χ1v) is 12.6. The number of pyridine rings is 1. The molecule has 0 bridgehead atoms. The predicted molar refractivity (Wildman–Crippen MR) is 158 cm³/mol. The maximum Gasteiger partial charge on any atom is 0.0780 e.